The lowest BCUT2D eigenvalue weighted by atomic mass is 9.47. The molecule has 0 spiro atoms. The van der Waals surface area contributed by atoms with E-state index < -0.39 is 0 Å². The van der Waals surface area contributed by atoms with Gasteiger partial charge in [-0.25, -0.2) is 0 Å². The first kappa shape index (κ1) is 27.2. The van der Waals surface area contributed by atoms with Crippen LogP contribution in [-0.4, -0.2) is 20.0 Å². The van der Waals surface area contributed by atoms with Crippen LogP contribution in [-0.2, 0) is 0 Å². The average molecular weight is 437 g/mol. The van der Waals surface area contributed by atoms with Crippen molar-refractivity contribution in [3.63, 3.8) is 0 Å². The summed E-state index contributed by atoms with van der Waals surface area (Å²) in [5, 5.41) is 0. The van der Waals surface area contributed by atoms with E-state index in [4.69, 9.17) is 9.47 Å². The number of thioether (sulfide) groups is 1. The van der Waals surface area contributed by atoms with E-state index in [1.165, 1.54) is 42.8 Å². The Balaban J connectivity index is 0.00000106. The van der Waals surface area contributed by atoms with E-state index in [-0.39, 0.29) is 0 Å². The summed E-state index contributed by atoms with van der Waals surface area (Å²) in [6.07, 6.45) is 6.99. The summed E-state index contributed by atoms with van der Waals surface area (Å²) in [6.45, 7) is 18.1. The summed E-state index contributed by atoms with van der Waals surface area (Å²) < 4.78 is 10.9. The lowest BCUT2D eigenvalue weighted by Gasteiger charge is -2.59. The zero-order chi connectivity index (χ0) is 22.9. The lowest BCUT2D eigenvalue weighted by Crippen LogP contribution is -2.51. The minimum Gasteiger partial charge on any atom is -0.497 e. The molecule has 30 heavy (non-hydrogen) atoms. The Morgan fingerprint density at radius 2 is 1.47 bits per heavy atom. The molecule has 0 N–H and O–H groups in total. The van der Waals surface area contributed by atoms with Crippen molar-refractivity contribution >= 4 is 11.8 Å². The van der Waals surface area contributed by atoms with E-state index in [1.807, 2.05) is 45.5 Å². The maximum absolute atomic E-state index is 5.45. The highest BCUT2D eigenvalue weighted by Gasteiger charge is 2.53. The molecule has 0 aliphatic heterocycles. The molecule has 2 nitrogen and oxygen atoms in total. The topological polar surface area (TPSA) is 18.5 Å². The summed E-state index contributed by atoms with van der Waals surface area (Å²) in [6, 6.07) is 6.24. The van der Waals surface area contributed by atoms with Gasteiger partial charge in [-0.05, 0) is 60.0 Å². The van der Waals surface area contributed by atoms with E-state index in [9.17, 15) is 0 Å². The van der Waals surface area contributed by atoms with Crippen LogP contribution >= 0.6 is 11.8 Å². The zero-order valence-electron chi connectivity index (χ0n) is 21.4. The molecule has 3 heteroatoms. The van der Waals surface area contributed by atoms with Crippen LogP contribution in [0, 0.1) is 28.6 Å². The molecule has 0 aromatic heterocycles. The predicted octanol–water partition coefficient (Wildman–Crippen LogP) is 8.73. The third kappa shape index (κ3) is 6.11. The van der Waals surface area contributed by atoms with Gasteiger partial charge in [0.05, 0.1) is 14.2 Å². The van der Waals surface area contributed by atoms with Gasteiger partial charge in [-0.2, -0.15) is 0 Å². The Morgan fingerprint density at radius 3 is 2.00 bits per heavy atom. The number of ether oxygens (including phenoxy) is 2. The van der Waals surface area contributed by atoms with Crippen molar-refractivity contribution in [1.82, 2.24) is 0 Å². The van der Waals surface area contributed by atoms with E-state index in [2.05, 4.69) is 39.8 Å². The first-order valence-corrected chi connectivity index (χ1v) is 13.1. The van der Waals surface area contributed by atoms with Crippen LogP contribution in [0.25, 0.3) is 0 Å². The van der Waals surface area contributed by atoms with Gasteiger partial charge in [-0.15, -0.1) is 11.8 Å². The number of benzene rings is 1. The molecule has 1 aromatic rings. The number of hydrogen-bond donors (Lipinski definition) is 0. The normalized spacial score (nSPS) is 29.3. The van der Waals surface area contributed by atoms with Crippen molar-refractivity contribution in [3.8, 4) is 11.5 Å². The maximum atomic E-state index is 5.45. The molecule has 0 bridgehead atoms. The fourth-order valence-electron chi connectivity index (χ4n) is 6.02. The fraction of sp³-hybridized carbons (Fsp3) is 0.778. The Morgan fingerprint density at radius 1 is 0.900 bits per heavy atom. The van der Waals surface area contributed by atoms with Gasteiger partial charge >= 0.3 is 0 Å². The number of fused-ring (bicyclic) bond motifs is 1. The maximum Gasteiger partial charge on any atom is 0.123 e. The van der Waals surface area contributed by atoms with Crippen molar-refractivity contribution in [3.05, 3.63) is 18.2 Å². The van der Waals surface area contributed by atoms with Crippen LogP contribution in [0.2, 0.25) is 0 Å². The molecule has 2 fully saturated rings. The average Bonchev–Trinajstić information content (AvgIpc) is 2.75. The van der Waals surface area contributed by atoms with Gasteiger partial charge in [0, 0.05) is 16.7 Å². The predicted molar refractivity (Wildman–Crippen MR) is 134 cm³/mol. The summed E-state index contributed by atoms with van der Waals surface area (Å²) in [5.74, 6) is 5.41. The highest BCUT2D eigenvalue weighted by atomic mass is 32.2. The van der Waals surface area contributed by atoms with Gasteiger partial charge in [0.2, 0.25) is 0 Å². The Kier molecular flexibility index (Phi) is 11.1. The molecule has 0 saturated heterocycles. The molecule has 4 atom stereocenters. The second kappa shape index (κ2) is 12.3. The first-order valence-electron chi connectivity index (χ1n) is 12.2. The molecule has 3 rings (SSSR count). The fourth-order valence-corrected chi connectivity index (χ4v) is 7.50. The first-order chi connectivity index (χ1) is 14.3. The molecule has 2 saturated carbocycles. The highest BCUT2D eigenvalue weighted by Crippen LogP contribution is 2.61. The Hall–Kier alpha value is -0.830. The standard InChI is InChI=1S/C23H36O2S.2C2H6/c1-16-8-9-21-22(2,3)10-7-11-23(21,4)20(16)15-26-19-13-17(24-5)12-18(14-19)25-6;2*1-2/h12-14,16,20-21H,7-11,15H2,1-6H3;2*1-2H3/t16?,20-,21?,23?;;/m0../s1. The molecule has 0 heterocycles. The van der Waals surface area contributed by atoms with Gasteiger partial charge in [-0.1, -0.05) is 68.2 Å². The smallest absolute Gasteiger partial charge is 0.123 e. The van der Waals surface area contributed by atoms with Gasteiger partial charge in [0.1, 0.15) is 11.5 Å². The van der Waals surface area contributed by atoms with Gasteiger partial charge in [0.25, 0.3) is 0 Å². The Labute approximate surface area is 191 Å². The van der Waals surface area contributed by atoms with Crippen LogP contribution in [0.15, 0.2) is 23.1 Å². The second-order valence-electron chi connectivity index (χ2n) is 9.42. The molecular weight excluding hydrogens is 388 g/mol. The third-order valence-electron chi connectivity index (χ3n) is 7.48. The lowest BCUT2D eigenvalue weighted by molar-refractivity contribution is -0.0850. The number of hydrogen-bond acceptors (Lipinski definition) is 3. The monoisotopic (exact) mass is 436 g/mol. The van der Waals surface area contributed by atoms with Crippen molar-refractivity contribution in [2.24, 2.45) is 28.6 Å². The molecule has 3 unspecified atom stereocenters. The van der Waals surface area contributed by atoms with Crippen LogP contribution in [0.4, 0.5) is 0 Å². The molecule has 2 aliphatic rings. The SMILES string of the molecule is CC.CC.COc1cc(OC)cc(SC[C@H]2C(C)CCC3C(C)(C)CCCC32C)c1. The highest BCUT2D eigenvalue weighted by molar-refractivity contribution is 7.99. The largest absolute Gasteiger partial charge is 0.497 e. The molecule has 174 valence electrons. The van der Waals surface area contributed by atoms with Crippen LogP contribution in [0.3, 0.4) is 0 Å². The molecule has 2 aliphatic carbocycles. The van der Waals surface area contributed by atoms with Crippen molar-refractivity contribution in [1.29, 1.82) is 0 Å². The quantitative estimate of drug-likeness (QED) is 0.430. The number of rotatable bonds is 5. The summed E-state index contributed by atoms with van der Waals surface area (Å²) in [5.41, 5.74) is 0.977. The van der Waals surface area contributed by atoms with Crippen molar-refractivity contribution < 1.29 is 9.47 Å². The van der Waals surface area contributed by atoms with Crippen molar-refractivity contribution in [2.75, 3.05) is 20.0 Å². The van der Waals surface area contributed by atoms with Crippen LogP contribution < -0.4 is 9.47 Å². The minimum atomic E-state index is 0.482. The molecule has 1 aromatic carbocycles. The van der Waals surface area contributed by atoms with E-state index in [0.29, 0.717) is 10.8 Å². The minimum absolute atomic E-state index is 0.482. The summed E-state index contributed by atoms with van der Waals surface area (Å²) in [4.78, 5) is 1.26. The Bertz CT molecular complexity index is 605. The summed E-state index contributed by atoms with van der Waals surface area (Å²) >= 11 is 1.98. The molecule has 0 radical (unpaired) electrons. The van der Waals surface area contributed by atoms with E-state index in [1.54, 1.807) is 14.2 Å². The van der Waals surface area contributed by atoms with Gasteiger partial charge in [-0.3, -0.25) is 0 Å². The number of methoxy groups -OCH3 is 2. The van der Waals surface area contributed by atoms with E-state index in [0.717, 1.165) is 29.3 Å². The van der Waals surface area contributed by atoms with Gasteiger partial charge in [0.15, 0.2) is 0 Å². The molecule has 0 amide bonds. The van der Waals surface area contributed by atoms with E-state index >= 15 is 0 Å². The second-order valence-corrected chi connectivity index (χ2v) is 10.5. The van der Waals surface area contributed by atoms with Crippen LogP contribution in [0.5, 0.6) is 11.5 Å². The van der Waals surface area contributed by atoms with Crippen molar-refractivity contribution in [2.45, 2.75) is 92.4 Å². The van der Waals surface area contributed by atoms with Gasteiger partial charge < -0.3 is 9.47 Å². The summed E-state index contributed by atoms with van der Waals surface area (Å²) in [7, 11) is 3.45. The molecular formula is C27H48O2S. The van der Waals surface area contributed by atoms with Crippen LogP contribution in [0.1, 0.15) is 87.5 Å². The third-order valence-corrected chi connectivity index (χ3v) is 8.57. The zero-order valence-corrected chi connectivity index (χ0v) is 22.2.